The van der Waals surface area contributed by atoms with Crippen LogP contribution in [0.2, 0.25) is 0 Å². The molecule has 0 amide bonds. The first kappa shape index (κ1) is 14.0. The number of rotatable bonds is 5. The van der Waals surface area contributed by atoms with Crippen LogP contribution in [-0.2, 0) is 18.3 Å². The Morgan fingerprint density at radius 1 is 1.50 bits per heavy atom. The van der Waals surface area contributed by atoms with Gasteiger partial charge in [0.2, 0.25) is 0 Å². The molecular weight excluding hydrogens is 294 g/mol. The molecule has 0 radical (unpaired) electrons. The smallest absolute Gasteiger partial charge is 0.0534 e. The number of hydrogen-bond acceptors (Lipinski definition) is 3. The lowest BCUT2D eigenvalue weighted by molar-refractivity contribution is 0.0110. The van der Waals surface area contributed by atoms with Crippen LogP contribution in [0.3, 0.4) is 0 Å². The zero-order chi connectivity index (χ0) is 13.0. The number of halogens is 1. The minimum atomic E-state index is 0.370. The van der Waals surface area contributed by atoms with Gasteiger partial charge >= 0.3 is 0 Å². The monoisotopic (exact) mass is 315 g/mol. The molecule has 0 unspecified atom stereocenters. The summed E-state index contributed by atoms with van der Waals surface area (Å²) >= 11 is 3.69. The third-order valence-corrected chi connectivity index (χ3v) is 4.84. The summed E-state index contributed by atoms with van der Waals surface area (Å²) < 4.78 is 7.34. The van der Waals surface area contributed by atoms with Crippen LogP contribution in [-0.4, -0.2) is 46.8 Å². The molecule has 2 heterocycles. The van der Waals surface area contributed by atoms with Crippen LogP contribution in [0, 0.1) is 5.41 Å². The van der Waals surface area contributed by atoms with Gasteiger partial charge in [-0.05, 0) is 25.3 Å². The molecule has 4 nitrogen and oxygen atoms in total. The predicted octanol–water partition coefficient (Wildman–Crippen LogP) is 2.04. The quantitative estimate of drug-likeness (QED) is 0.779. The number of ether oxygens (including phenoxy) is 1. The fraction of sp³-hybridized carbons (Fsp3) is 0.769. The van der Waals surface area contributed by atoms with Crippen molar-refractivity contribution in [3.63, 3.8) is 0 Å². The summed E-state index contributed by atoms with van der Waals surface area (Å²) in [5.74, 6) is 0. The number of aryl methyl sites for hydroxylation is 1. The second kappa shape index (κ2) is 6.17. The first-order valence-corrected chi connectivity index (χ1v) is 7.55. The Bertz CT molecular complexity index is 374. The summed E-state index contributed by atoms with van der Waals surface area (Å²) in [6.45, 7) is 3.86. The van der Waals surface area contributed by atoms with Gasteiger partial charge in [-0.25, -0.2) is 0 Å². The first-order chi connectivity index (χ1) is 8.63. The Balaban J connectivity index is 1.90. The fourth-order valence-electron chi connectivity index (χ4n) is 2.63. The van der Waals surface area contributed by atoms with Crippen molar-refractivity contribution in [1.29, 1.82) is 0 Å². The van der Waals surface area contributed by atoms with E-state index >= 15 is 0 Å². The van der Waals surface area contributed by atoms with Crippen molar-refractivity contribution in [3.8, 4) is 0 Å². The van der Waals surface area contributed by atoms with Crippen molar-refractivity contribution < 1.29 is 4.74 Å². The number of hydrogen-bond donors (Lipinski definition) is 0. The highest BCUT2D eigenvalue weighted by Gasteiger charge is 2.32. The molecule has 0 aliphatic carbocycles. The van der Waals surface area contributed by atoms with E-state index in [1.807, 2.05) is 17.9 Å². The third kappa shape index (κ3) is 3.56. The molecule has 1 saturated heterocycles. The van der Waals surface area contributed by atoms with E-state index in [0.29, 0.717) is 5.41 Å². The van der Waals surface area contributed by atoms with Gasteiger partial charge in [0.15, 0.2) is 0 Å². The van der Waals surface area contributed by atoms with E-state index < -0.39 is 0 Å². The van der Waals surface area contributed by atoms with Gasteiger partial charge in [0.05, 0.1) is 6.20 Å². The third-order valence-electron chi connectivity index (χ3n) is 3.65. The maximum atomic E-state index is 5.48. The van der Waals surface area contributed by atoms with Gasteiger partial charge in [0, 0.05) is 50.4 Å². The molecule has 18 heavy (non-hydrogen) atoms. The largest absolute Gasteiger partial charge is 0.381 e. The topological polar surface area (TPSA) is 30.3 Å². The summed E-state index contributed by atoms with van der Waals surface area (Å²) in [6, 6.07) is 0. The van der Waals surface area contributed by atoms with Crippen molar-refractivity contribution in [3.05, 3.63) is 18.0 Å². The lowest BCUT2D eigenvalue weighted by atomic mass is 9.82. The highest BCUT2D eigenvalue weighted by Crippen LogP contribution is 2.33. The van der Waals surface area contributed by atoms with E-state index in [1.54, 1.807) is 0 Å². The lowest BCUT2D eigenvalue weighted by Crippen LogP contribution is -2.41. The Hall–Kier alpha value is -0.390. The summed E-state index contributed by atoms with van der Waals surface area (Å²) in [6.07, 6.45) is 6.33. The molecule has 1 aromatic rings. The molecule has 1 aliphatic heterocycles. The maximum absolute atomic E-state index is 5.48. The van der Waals surface area contributed by atoms with Crippen LogP contribution in [0.25, 0.3) is 0 Å². The Morgan fingerprint density at radius 2 is 2.22 bits per heavy atom. The highest BCUT2D eigenvalue weighted by atomic mass is 79.9. The Kier molecular flexibility index (Phi) is 4.81. The maximum Gasteiger partial charge on any atom is 0.0534 e. The second-order valence-corrected chi connectivity index (χ2v) is 6.00. The van der Waals surface area contributed by atoms with Crippen LogP contribution in [0.1, 0.15) is 18.4 Å². The van der Waals surface area contributed by atoms with Gasteiger partial charge in [0.1, 0.15) is 0 Å². The highest BCUT2D eigenvalue weighted by molar-refractivity contribution is 9.09. The van der Waals surface area contributed by atoms with Crippen molar-refractivity contribution in [2.45, 2.75) is 19.4 Å². The molecule has 0 bridgehead atoms. The van der Waals surface area contributed by atoms with E-state index in [1.165, 1.54) is 5.56 Å². The average Bonchev–Trinajstić information content (AvgIpc) is 2.75. The standard InChI is InChI=1S/C13H22BrN3O/c1-16(8-12-7-15-17(2)9-12)11-13(10-14)3-5-18-6-4-13/h7,9H,3-6,8,10-11H2,1-2H3. The minimum absolute atomic E-state index is 0.370. The summed E-state index contributed by atoms with van der Waals surface area (Å²) in [5, 5.41) is 5.27. The van der Waals surface area contributed by atoms with Gasteiger partial charge < -0.3 is 9.64 Å². The van der Waals surface area contributed by atoms with Crippen molar-refractivity contribution in [1.82, 2.24) is 14.7 Å². The van der Waals surface area contributed by atoms with Gasteiger partial charge in [0.25, 0.3) is 0 Å². The van der Waals surface area contributed by atoms with E-state index in [0.717, 1.165) is 44.5 Å². The van der Waals surface area contributed by atoms with E-state index in [9.17, 15) is 0 Å². The normalized spacial score (nSPS) is 19.3. The Labute approximate surface area is 117 Å². The van der Waals surface area contributed by atoms with Crippen LogP contribution in [0.5, 0.6) is 0 Å². The van der Waals surface area contributed by atoms with Gasteiger partial charge in [-0.1, -0.05) is 15.9 Å². The zero-order valence-corrected chi connectivity index (χ0v) is 12.8. The molecule has 1 fully saturated rings. The number of nitrogens with zero attached hydrogens (tertiary/aromatic N) is 3. The fourth-order valence-corrected chi connectivity index (χ4v) is 3.37. The van der Waals surface area contributed by atoms with E-state index in [2.05, 4.69) is 39.2 Å². The van der Waals surface area contributed by atoms with Crippen LogP contribution in [0.15, 0.2) is 12.4 Å². The summed E-state index contributed by atoms with van der Waals surface area (Å²) in [5.41, 5.74) is 1.65. The van der Waals surface area contributed by atoms with Crippen LogP contribution in [0.4, 0.5) is 0 Å². The van der Waals surface area contributed by atoms with Crippen LogP contribution < -0.4 is 0 Å². The molecule has 1 aliphatic rings. The van der Waals surface area contributed by atoms with Crippen molar-refractivity contribution in [2.75, 3.05) is 32.1 Å². The lowest BCUT2D eigenvalue weighted by Gasteiger charge is -2.38. The van der Waals surface area contributed by atoms with Gasteiger partial charge in [-0.2, -0.15) is 5.10 Å². The van der Waals surface area contributed by atoms with E-state index in [-0.39, 0.29) is 0 Å². The summed E-state index contributed by atoms with van der Waals surface area (Å²) in [4.78, 5) is 2.39. The molecule has 0 spiro atoms. The zero-order valence-electron chi connectivity index (χ0n) is 11.2. The number of aromatic nitrogens is 2. The Morgan fingerprint density at radius 3 is 2.78 bits per heavy atom. The van der Waals surface area contributed by atoms with Gasteiger partial charge in [-0.3, -0.25) is 4.68 Å². The minimum Gasteiger partial charge on any atom is -0.381 e. The molecule has 0 saturated carbocycles. The molecule has 0 aromatic carbocycles. The summed E-state index contributed by atoms with van der Waals surface area (Å²) in [7, 11) is 4.15. The predicted molar refractivity (Wildman–Crippen MR) is 75.8 cm³/mol. The first-order valence-electron chi connectivity index (χ1n) is 6.43. The van der Waals surface area contributed by atoms with E-state index in [4.69, 9.17) is 4.74 Å². The molecule has 5 heteroatoms. The number of alkyl halides is 1. The SMILES string of the molecule is CN(Cc1cnn(C)c1)CC1(CBr)CCOCC1. The molecule has 0 atom stereocenters. The average molecular weight is 316 g/mol. The molecule has 102 valence electrons. The molecule has 0 N–H and O–H groups in total. The van der Waals surface area contributed by atoms with Crippen LogP contribution >= 0.6 is 15.9 Å². The molecule has 1 aromatic heterocycles. The second-order valence-electron chi connectivity index (χ2n) is 5.44. The van der Waals surface area contributed by atoms with Gasteiger partial charge in [-0.15, -0.1) is 0 Å². The van der Waals surface area contributed by atoms with Crippen molar-refractivity contribution >= 4 is 15.9 Å². The van der Waals surface area contributed by atoms with Crippen molar-refractivity contribution in [2.24, 2.45) is 12.5 Å². The molecule has 2 rings (SSSR count). The molecular formula is C13H22BrN3O.